The third-order valence-corrected chi connectivity index (χ3v) is 4.66. The number of ether oxygens (including phenoxy) is 1. The summed E-state index contributed by atoms with van der Waals surface area (Å²) in [6.07, 6.45) is -0.631. The number of nitrogens with one attached hydrogen (secondary N) is 1. The fourth-order valence-corrected chi connectivity index (χ4v) is 3.24. The van der Waals surface area contributed by atoms with Gasteiger partial charge in [0.1, 0.15) is 10.7 Å². The Morgan fingerprint density at radius 2 is 2.27 bits per heavy atom. The van der Waals surface area contributed by atoms with Gasteiger partial charge in [0.25, 0.3) is 5.91 Å². The number of rotatable bonds is 5. The summed E-state index contributed by atoms with van der Waals surface area (Å²) in [5.41, 5.74) is 1.54. The van der Waals surface area contributed by atoms with Gasteiger partial charge >= 0.3 is 5.97 Å². The second-order valence-electron chi connectivity index (χ2n) is 5.49. The number of halogens is 1. The Labute approximate surface area is 152 Å². The van der Waals surface area contributed by atoms with Gasteiger partial charge in [-0.3, -0.25) is 10.1 Å². The molecule has 1 atom stereocenters. The topological polar surface area (TPSA) is 89.9 Å². The molecule has 7 nitrogen and oxygen atoms in total. The van der Waals surface area contributed by atoms with E-state index in [0.717, 1.165) is 11.3 Å². The number of hydrogen-bond acceptors (Lipinski definition) is 7. The quantitative estimate of drug-likeness (QED) is 0.809. The lowest BCUT2D eigenvalue weighted by atomic mass is 10.0. The predicted molar refractivity (Wildman–Crippen MR) is 93.9 cm³/mol. The highest BCUT2D eigenvalue weighted by atomic mass is 32.1. The number of nitrogens with zero attached hydrogens (tertiary/aromatic N) is 2. The van der Waals surface area contributed by atoms with E-state index in [1.165, 1.54) is 12.1 Å². The number of carbonyl (C=O) groups is 2. The molecule has 1 aromatic carbocycles. The largest absolute Gasteiger partial charge is 0.462 e. The van der Waals surface area contributed by atoms with E-state index in [0.29, 0.717) is 21.8 Å². The molecule has 0 aliphatic carbocycles. The van der Waals surface area contributed by atoms with E-state index in [1.807, 2.05) is 0 Å². The lowest BCUT2D eigenvalue weighted by Crippen LogP contribution is -2.28. The van der Waals surface area contributed by atoms with Crippen molar-refractivity contribution < 1.29 is 23.6 Å². The Hall–Kier alpha value is -2.81. The predicted octanol–water partition coefficient (Wildman–Crippen LogP) is 2.90. The second-order valence-corrected chi connectivity index (χ2v) is 6.49. The molecule has 1 N–H and O–H groups in total. The van der Waals surface area contributed by atoms with Gasteiger partial charge in [0, 0.05) is 12.0 Å². The summed E-state index contributed by atoms with van der Waals surface area (Å²) in [7, 11) is 0. The van der Waals surface area contributed by atoms with Gasteiger partial charge in [-0.05, 0) is 26.0 Å². The molecular weight excluding hydrogens is 361 g/mol. The Morgan fingerprint density at radius 3 is 3.00 bits per heavy atom. The van der Waals surface area contributed by atoms with Gasteiger partial charge in [0.05, 0.1) is 18.0 Å². The number of aromatic nitrogens is 1. The smallest absolute Gasteiger partial charge is 0.350 e. The summed E-state index contributed by atoms with van der Waals surface area (Å²) in [5.74, 6) is -1.30. The minimum atomic E-state index is -0.844. The minimum absolute atomic E-state index is 0.213. The zero-order valence-electron chi connectivity index (χ0n) is 14.1. The molecule has 3 rings (SSSR count). The normalized spacial score (nSPS) is 16.0. The van der Waals surface area contributed by atoms with Crippen LogP contribution in [0.25, 0.3) is 0 Å². The van der Waals surface area contributed by atoms with E-state index in [4.69, 9.17) is 9.57 Å². The molecule has 1 aliphatic heterocycles. The van der Waals surface area contributed by atoms with Crippen LogP contribution in [0, 0.1) is 12.7 Å². The van der Waals surface area contributed by atoms with Crippen molar-refractivity contribution in [2.75, 3.05) is 11.9 Å². The number of amides is 1. The van der Waals surface area contributed by atoms with E-state index >= 15 is 0 Å². The van der Waals surface area contributed by atoms with Gasteiger partial charge in [0.15, 0.2) is 5.13 Å². The highest BCUT2D eigenvalue weighted by Crippen LogP contribution is 2.25. The number of anilines is 1. The Kier molecular flexibility index (Phi) is 5.27. The summed E-state index contributed by atoms with van der Waals surface area (Å²) in [4.78, 5) is 33.8. The van der Waals surface area contributed by atoms with E-state index in [-0.39, 0.29) is 24.0 Å². The zero-order chi connectivity index (χ0) is 18.7. The number of carbonyl (C=O) groups excluding carboxylic acids is 2. The van der Waals surface area contributed by atoms with Crippen molar-refractivity contribution in [3.05, 3.63) is 46.2 Å². The monoisotopic (exact) mass is 377 g/mol. The molecule has 1 aromatic heterocycles. The number of aryl methyl sites for hydroxylation is 1. The van der Waals surface area contributed by atoms with Crippen LogP contribution in [0.4, 0.5) is 9.52 Å². The van der Waals surface area contributed by atoms with Crippen LogP contribution in [0.2, 0.25) is 0 Å². The first-order valence-electron chi connectivity index (χ1n) is 7.92. The molecule has 136 valence electrons. The molecule has 1 aliphatic rings. The van der Waals surface area contributed by atoms with Crippen LogP contribution in [0.3, 0.4) is 0 Å². The third kappa shape index (κ3) is 3.88. The van der Waals surface area contributed by atoms with Crippen LogP contribution in [0.1, 0.15) is 34.3 Å². The highest BCUT2D eigenvalue weighted by molar-refractivity contribution is 7.17. The Balaban J connectivity index is 1.63. The maximum absolute atomic E-state index is 13.3. The lowest BCUT2D eigenvalue weighted by molar-refractivity contribution is -0.125. The maximum atomic E-state index is 13.3. The van der Waals surface area contributed by atoms with Gasteiger partial charge in [-0.1, -0.05) is 28.6 Å². The van der Waals surface area contributed by atoms with E-state index in [1.54, 1.807) is 26.0 Å². The van der Waals surface area contributed by atoms with Crippen molar-refractivity contribution in [1.29, 1.82) is 0 Å². The molecule has 2 aromatic rings. The molecule has 26 heavy (non-hydrogen) atoms. The van der Waals surface area contributed by atoms with Gasteiger partial charge in [0.2, 0.25) is 6.10 Å². The summed E-state index contributed by atoms with van der Waals surface area (Å²) in [6, 6.07) is 5.92. The third-order valence-electron chi connectivity index (χ3n) is 3.61. The molecule has 0 saturated heterocycles. The molecule has 0 radical (unpaired) electrons. The average molecular weight is 377 g/mol. The van der Waals surface area contributed by atoms with Gasteiger partial charge < -0.3 is 9.57 Å². The molecule has 0 spiro atoms. The first-order valence-corrected chi connectivity index (χ1v) is 8.73. The van der Waals surface area contributed by atoms with Crippen molar-refractivity contribution in [3.8, 4) is 0 Å². The maximum Gasteiger partial charge on any atom is 0.350 e. The standard InChI is InChI=1S/C17H16FN3O4S/c1-3-24-16(23)14-9(2)19-17(26-14)20-15(22)13-8-12(21-25-13)10-5-4-6-11(18)7-10/h4-7,13H,3,8H2,1-2H3,(H,19,20,22)/t13-/m0/s1. The van der Waals surface area contributed by atoms with Crippen molar-refractivity contribution in [2.24, 2.45) is 5.16 Å². The molecule has 2 heterocycles. The number of esters is 1. The van der Waals surface area contributed by atoms with Crippen LogP contribution in [0.5, 0.6) is 0 Å². The van der Waals surface area contributed by atoms with Crippen LogP contribution in [-0.4, -0.2) is 35.3 Å². The van der Waals surface area contributed by atoms with Crippen LogP contribution in [-0.2, 0) is 14.4 Å². The van der Waals surface area contributed by atoms with Crippen molar-refractivity contribution >= 4 is 34.1 Å². The molecule has 1 amide bonds. The summed E-state index contributed by atoms with van der Waals surface area (Å²) >= 11 is 1.03. The van der Waals surface area contributed by atoms with Crippen molar-refractivity contribution in [3.63, 3.8) is 0 Å². The molecular formula is C17H16FN3O4S. The second kappa shape index (κ2) is 7.61. The number of oxime groups is 1. The molecule has 9 heteroatoms. The van der Waals surface area contributed by atoms with E-state index < -0.39 is 18.0 Å². The first-order chi connectivity index (χ1) is 12.5. The SMILES string of the molecule is CCOC(=O)c1sc(NC(=O)[C@@H]2CC(c3cccc(F)c3)=NO2)nc1C. The summed E-state index contributed by atoms with van der Waals surface area (Å²) in [5, 5.41) is 6.75. The van der Waals surface area contributed by atoms with Crippen molar-refractivity contribution in [2.45, 2.75) is 26.4 Å². The molecule has 0 saturated carbocycles. The van der Waals surface area contributed by atoms with Crippen molar-refractivity contribution in [1.82, 2.24) is 4.98 Å². The fourth-order valence-electron chi connectivity index (χ4n) is 2.38. The summed E-state index contributed by atoms with van der Waals surface area (Å²) in [6.45, 7) is 3.63. The van der Waals surface area contributed by atoms with Crippen LogP contribution >= 0.6 is 11.3 Å². The highest BCUT2D eigenvalue weighted by Gasteiger charge is 2.30. The van der Waals surface area contributed by atoms with Crippen LogP contribution < -0.4 is 5.32 Å². The van der Waals surface area contributed by atoms with Crippen LogP contribution in [0.15, 0.2) is 29.4 Å². The molecule has 0 fully saturated rings. The number of thiazole rings is 1. The summed E-state index contributed by atoms with van der Waals surface area (Å²) < 4.78 is 18.2. The van der Waals surface area contributed by atoms with E-state index in [2.05, 4.69) is 15.5 Å². The molecule has 0 bridgehead atoms. The molecule has 0 unspecified atom stereocenters. The first kappa shape index (κ1) is 18.0. The van der Waals surface area contributed by atoms with E-state index in [9.17, 15) is 14.0 Å². The Morgan fingerprint density at radius 1 is 1.46 bits per heavy atom. The zero-order valence-corrected chi connectivity index (χ0v) is 14.9. The van der Waals surface area contributed by atoms with Gasteiger partial charge in [-0.15, -0.1) is 0 Å². The average Bonchev–Trinajstić information content (AvgIpc) is 3.22. The number of benzene rings is 1. The fraction of sp³-hybridized carbons (Fsp3) is 0.294. The van der Waals surface area contributed by atoms with Gasteiger partial charge in [-0.25, -0.2) is 14.2 Å². The number of hydrogen-bond donors (Lipinski definition) is 1. The Bertz CT molecular complexity index is 881. The lowest BCUT2D eigenvalue weighted by Gasteiger charge is -2.07. The van der Waals surface area contributed by atoms with Gasteiger partial charge in [-0.2, -0.15) is 0 Å². The minimum Gasteiger partial charge on any atom is -0.462 e.